The average Bonchev–Trinajstić information content (AvgIpc) is 3.40. The molecule has 2 atom stereocenters. The second kappa shape index (κ2) is 6.45. The molecular weight excluding hydrogens is 328 g/mol. The van der Waals surface area contributed by atoms with Crippen molar-refractivity contribution in [3.8, 4) is 17.1 Å². The Morgan fingerprint density at radius 1 is 1.31 bits per heavy atom. The smallest absolute Gasteiger partial charge is 0.223 e. The Bertz CT molecular complexity index is 790. The van der Waals surface area contributed by atoms with E-state index in [-0.39, 0.29) is 23.3 Å². The van der Waals surface area contributed by atoms with Crippen LogP contribution in [0, 0.1) is 17.3 Å². The number of rotatable bonds is 6. The van der Waals surface area contributed by atoms with Crippen LogP contribution in [-0.2, 0) is 11.2 Å². The third-order valence-corrected chi connectivity index (χ3v) is 6.12. The lowest BCUT2D eigenvalue weighted by molar-refractivity contribution is -0.126. The molecule has 2 aromatic rings. The SMILES string of the molecule is COc1ccc(-c2cc(CC3CC(NC(=O)C4CC4)C3(C)C)no2)cc1. The molecule has 5 heteroatoms. The van der Waals surface area contributed by atoms with Crippen molar-refractivity contribution in [1.29, 1.82) is 0 Å². The number of carbonyl (C=O) groups is 1. The summed E-state index contributed by atoms with van der Waals surface area (Å²) < 4.78 is 10.7. The summed E-state index contributed by atoms with van der Waals surface area (Å²) in [5, 5.41) is 7.48. The number of nitrogens with zero attached hydrogens (tertiary/aromatic N) is 1. The number of hydrogen-bond donors (Lipinski definition) is 1. The van der Waals surface area contributed by atoms with Crippen LogP contribution < -0.4 is 10.1 Å². The minimum atomic E-state index is 0.0871. The molecular formula is C21H26N2O3. The molecule has 2 aliphatic carbocycles. The Labute approximate surface area is 154 Å². The highest BCUT2D eigenvalue weighted by molar-refractivity contribution is 5.81. The van der Waals surface area contributed by atoms with Gasteiger partial charge in [0.05, 0.1) is 12.8 Å². The van der Waals surface area contributed by atoms with Crippen molar-refractivity contribution in [2.45, 2.75) is 45.6 Å². The lowest BCUT2D eigenvalue weighted by Gasteiger charge is -2.52. The molecule has 0 bridgehead atoms. The van der Waals surface area contributed by atoms with Gasteiger partial charge in [0.15, 0.2) is 5.76 Å². The van der Waals surface area contributed by atoms with Crippen LogP contribution in [0.3, 0.4) is 0 Å². The van der Waals surface area contributed by atoms with E-state index < -0.39 is 0 Å². The van der Waals surface area contributed by atoms with E-state index in [2.05, 4.69) is 24.3 Å². The summed E-state index contributed by atoms with van der Waals surface area (Å²) >= 11 is 0. The molecule has 2 unspecified atom stereocenters. The van der Waals surface area contributed by atoms with Gasteiger partial charge < -0.3 is 14.6 Å². The maximum Gasteiger partial charge on any atom is 0.223 e. The highest BCUT2D eigenvalue weighted by Crippen LogP contribution is 2.48. The highest BCUT2D eigenvalue weighted by atomic mass is 16.5. The second-order valence-electron chi connectivity index (χ2n) is 8.20. The third kappa shape index (κ3) is 3.22. The Hall–Kier alpha value is -2.30. The van der Waals surface area contributed by atoms with Gasteiger partial charge in [0.1, 0.15) is 5.75 Å². The van der Waals surface area contributed by atoms with Gasteiger partial charge in [-0.3, -0.25) is 4.79 Å². The Kier molecular flexibility index (Phi) is 4.25. The Balaban J connectivity index is 1.37. The summed E-state index contributed by atoms with van der Waals surface area (Å²) in [6, 6.07) is 10.1. The van der Waals surface area contributed by atoms with Crippen molar-refractivity contribution in [1.82, 2.24) is 10.5 Å². The van der Waals surface area contributed by atoms with Crippen LogP contribution in [0.4, 0.5) is 0 Å². The zero-order valence-electron chi connectivity index (χ0n) is 15.6. The number of methoxy groups -OCH3 is 1. The molecule has 2 aliphatic rings. The number of nitrogens with one attached hydrogen (secondary N) is 1. The highest BCUT2D eigenvalue weighted by Gasteiger charge is 2.49. The minimum Gasteiger partial charge on any atom is -0.497 e. The fourth-order valence-corrected chi connectivity index (χ4v) is 3.79. The van der Waals surface area contributed by atoms with Crippen molar-refractivity contribution in [2.75, 3.05) is 7.11 Å². The average molecular weight is 354 g/mol. The number of amides is 1. The monoisotopic (exact) mass is 354 g/mol. The fourth-order valence-electron chi connectivity index (χ4n) is 3.79. The summed E-state index contributed by atoms with van der Waals surface area (Å²) in [4.78, 5) is 12.0. The molecule has 1 aromatic heterocycles. The molecule has 2 fully saturated rings. The maximum absolute atomic E-state index is 12.0. The van der Waals surface area contributed by atoms with E-state index in [0.29, 0.717) is 5.92 Å². The van der Waals surface area contributed by atoms with Crippen molar-refractivity contribution >= 4 is 5.91 Å². The van der Waals surface area contributed by atoms with Crippen molar-refractivity contribution in [3.63, 3.8) is 0 Å². The molecule has 138 valence electrons. The molecule has 4 rings (SSSR count). The summed E-state index contributed by atoms with van der Waals surface area (Å²) in [7, 11) is 1.66. The van der Waals surface area contributed by atoms with Crippen molar-refractivity contribution in [3.05, 3.63) is 36.0 Å². The van der Waals surface area contributed by atoms with Gasteiger partial charge in [0.25, 0.3) is 0 Å². The zero-order valence-corrected chi connectivity index (χ0v) is 15.6. The van der Waals surface area contributed by atoms with E-state index in [9.17, 15) is 4.79 Å². The van der Waals surface area contributed by atoms with Gasteiger partial charge in [-0.25, -0.2) is 0 Å². The van der Waals surface area contributed by atoms with E-state index in [4.69, 9.17) is 9.26 Å². The fraction of sp³-hybridized carbons (Fsp3) is 0.524. The van der Waals surface area contributed by atoms with Gasteiger partial charge in [-0.2, -0.15) is 0 Å². The maximum atomic E-state index is 12.0. The number of hydrogen-bond acceptors (Lipinski definition) is 4. The molecule has 2 saturated carbocycles. The van der Waals surface area contributed by atoms with Gasteiger partial charge in [0.2, 0.25) is 5.91 Å². The Morgan fingerprint density at radius 3 is 2.65 bits per heavy atom. The Morgan fingerprint density at radius 2 is 2.04 bits per heavy atom. The minimum absolute atomic E-state index is 0.0871. The first kappa shape index (κ1) is 17.1. The third-order valence-electron chi connectivity index (χ3n) is 6.12. The van der Waals surface area contributed by atoms with E-state index in [1.54, 1.807) is 7.11 Å². The van der Waals surface area contributed by atoms with Crippen LogP contribution in [0.25, 0.3) is 11.3 Å². The van der Waals surface area contributed by atoms with Crippen LogP contribution in [-0.4, -0.2) is 24.2 Å². The van der Waals surface area contributed by atoms with Crippen LogP contribution in [0.2, 0.25) is 0 Å². The normalized spacial score (nSPS) is 24.0. The molecule has 0 saturated heterocycles. The second-order valence-corrected chi connectivity index (χ2v) is 8.20. The zero-order chi connectivity index (χ0) is 18.3. The summed E-state index contributed by atoms with van der Waals surface area (Å²) in [6.07, 6.45) is 3.99. The van der Waals surface area contributed by atoms with E-state index in [1.807, 2.05) is 30.3 Å². The van der Waals surface area contributed by atoms with Gasteiger partial charge in [-0.1, -0.05) is 19.0 Å². The number of ether oxygens (including phenoxy) is 1. The van der Waals surface area contributed by atoms with Crippen LogP contribution in [0.15, 0.2) is 34.9 Å². The predicted octanol–water partition coefficient (Wildman–Crippen LogP) is 3.83. The summed E-state index contributed by atoms with van der Waals surface area (Å²) in [6.45, 7) is 4.48. The van der Waals surface area contributed by atoms with Gasteiger partial charge in [-0.15, -0.1) is 0 Å². The molecule has 26 heavy (non-hydrogen) atoms. The van der Waals surface area contributed by atoms with Crippen LogP contribution in [0.5, 0.6) is 5.75 Å². The quantitative estimate of drug-likeness (QED) is 0.856. The molecule has 0 radical (unpaired) electrons. The molecule has 1 N–H and O–H groups in total. The van der Waals surface area contributed by atoms with E-state index in [0.717, 1.165) is 48.5 Å². The molecule has 5 nitrogen and oxygen atoms in total. The summed E-state index contributed by atoms with van der Waals surface area (Å²) in [5.41, 5.74) is 2.05. The van der Waals surface area contributed by atoms with Crippen LogP contribution in [0.1, 0.15) is 38.8 Å². The molecule has 1 heterocycles. The molecule has 1 amide bonds. The summed E-state index contributed by atoms with van der Waals surface area (Å²) in [5.74, 6) is 2.61. The first-order chi connectivity index (χ1) is 12.5. The molecule has 1 aromatic carbocycles. The number of aromatic nitrogens is 1. The van der Waals surface area contributed by atoms with Gasteiger partial charge in [0, 0.05) is 23.6 Å². The first-order valence-electron chi connectivity index (χ1n) is 9.38. The molecule has 0 spiro atoms. The van der Waals surface area contributed by atoms with Crippen LogP contribution >= 0.6 is 0 Å². The topological polar surface area (TPSA) is 64.4 Å². The lowest BCUT2D eigenvalue weighted by Crippen LogP contribution is -2.59. The van der Waals surface area contributed by atoms with Crippen molar-refractivity contribution in [2.24, 2.45) is 17.3 Å². The predicted molar refractivity (Wildman–Crippen MR) is 98.7 cm³/mol. The largest absolute Gasteiger partial charge is 0.497 e. The lowest BCUT2D eigenvalue weighted by atomic mass is 9.57. The standard InChI is InChI=1S/C21H26N2O3/c1-21(2)15(11-19(21)22-20(24)14-4-5-14)10-16-12-18(26-23-16)13-6-8-17(25-3)9-7-13/h6-9,12,14-15,19H,4-5,10-11H2,1-3H3,(H,22,24). The van der Waals surface area contributed by atoms with E-state index >= 15 is 0 Å². The first-order valence-corrected chi connectivity index (χ1v) is 9.38. The van der Waals surface area contributed by atoms with Crippen molar-refractivity contribution < 1.29 is 14.1 Å². The van der Waals surface area contributed by atoms with E-state index in [1.165, 1.54) is 0 Å². The number of benzene rings is 1. The molecule has 0 aliphatic heterocycles. The van der Waals surface area contributed by atoms with Gasteiger partial charge in [-0.05, 0) is 61.3 Å². The number of carbonyl (C=O) groups excluding carboxylic acids is 1. The van der Waals surface area contributed by atoms with Gasteiger partial charge >= 0.3 is 0 Å².